The first kappa shape index (κ1) is 14.3. The van der Waals surface area contributed by atoms with Crippen molar-refractivity contribution < 1.29 is 9.47 Å². The zero-order valence-corrected chi connectivity index (χ0v) is 11.8. The molecule has 0 unspecified atom stereocenters. The van der Waals surface area contributed by atoms with Gasteiger partial charge in [0.2, 0.25) is 5.88 Å². The Kier molecular flexibility index (Phi) is 4.79. The highest BCUT2D eigenvalue weighted by atomic mass is 35.5. The van der Waals surface area contributed by atoms with Crippen LogP contribution >= 0.6 is 12.4 Å². The number of hydrogen-bond acceptors (Lipinski definition) is 6. The number of anilines is 1. The highest BCUT2D eigenvalue weighted by Crippen LogP contribution is 2.22. The van der Waals surface area contributed by atoms with Crippen molar-refractivity contribution >= 4 is 18.2 Å². The van der Waals surface area contributed by atoms with Crippen LogP contribution in [0.25, 0.3) is 0 Å². The van der Waals surface area contributed by atoms with Gasteiger partial charge >= 0.3 is 0 Å². The molecular weight excluding hydrogens is 268 g/mol. The van der Waals surface area contributed by atoms with Crippen molar-refractivity contribution in [1.29, 1.82) is 0 Å². The van der Waals surface area contributed by atoms with E-state index < -0.39 is 0 Å². The zero-order valence-electron chi connectivity index (χ0n) is 11.0. The Labute approximate surface area is 118 Å². The van der Waals surface area contributed by atoms with E-state index in [0.717, 1.165) is 44.4 Å². The first-order valence-electron chi connectivity index (χ1n) is 6.38. The molecule has 0 saturated carbocycles. The van der Waals surface area contributed by atoms with E-state index in [1.165, 1.54) is 0 Å². The molecule has 2 aliphatic rings. The average Bonchev–Trinajstić information content (AvgIpc) is 2.63. The van der Waals surface area contributed by atoms with Crippen molar-refractivity contribution in [2.24, 2.45) is 0 Å². The Balaban J connectivity index is 0.00000133. The van der Waals surface area contributed by atoms with E-state index in [-0.39, 0.29) is 12.4 Å². The fraction of sp³-hybridized carbons (Fsp3) is 0.667. The third-order valence-corrected chi connectivity index (χ3v) is 3.27. The van der Waals surface area contributed by atoms with Gasteiger partial charge in [0.25, 0.3) is 0 Å². The summed E-state index contributed by atoms with van der Waals surface area (Å²) >= 11 is 0. The van der Waals surface area contributed by atoms with Gasteiger partial charge in [0.1, 0.15) is 12.3 Å². The van der Waals surface area contributed by atoms with Crippen molar-refractivity contribution in [3.8, 4) is 5.88 Å². The molecule has 3 heterocycles. The largest absolute Gasteiger partial charge is 0.475 e. The Hall–Kier alpha value is -1.11. The van der Waals surface area contributed by atoms with Gasteiger partial charge in [0.05, 0.1) is 25.5 Å². The molecule has 0 radical (unpaired) electrons. The van der Waals surface area contributed by atoms with E-state index in [1.54, 1.807) is 0 Å². The van der Waals surface area contributed by atoms with E-state index in [2.05, 4.69) is 27.1 Å². The second kappa shape index (κ2) is 6.36. The molecule has 1 fully saturated rings. The Bertz CT molecular complexity index is 432. The third kappa shape index (κ3) is 3.08. The lowest BCUT2D eigenvalue weighted by molar-refractivity contribution is 0.0984. The van der Waals surface area contributed by atoms with Crippen molar-refractivity contribution in [3.63, 3.8) is 0 Å². The van der Waals surface area contributed by atoms with Gasteiger partial charge in [-0.1, -0.05) is 0 Å². The van der Waals surface area contributed by atoms with E-state index in [0.29, 0.717) is 18.5 Å². The maximum Gasteiger partial charge on any atom is 0.239 e. The van der Waals surface area contributed by atoms with Gasteiger partial charge in [-0.15, -0.1) is 12.4 Å². The minimum absolute atomic E-state index is 0. The average molecular weight is 287 g/mol. The van der Waals surface area contributed by atoms with Crippen molar-refractivity contribution in [2.45, 2.75) is 19.5 Å². The molecule has 1 aromatic rings. The maximum atomic E-state index is 5.62. The van der Waals surface area contributed by atoms with Gasteiger partial charge in [-0.05, 0) is 6.92 Å². The summed E-state index contributed by atoms with van der Waals surface area (Å²) < 4.78 is 11.1. The molecule has 0 bridgehead atoms. The van der Waals surface area contributed by atoms with Crippen LogP contribution in [0.2, 0.25) is 0 Å². The Morgan fingerprint density at radius 3 is 3.16 bits per heavy atom. The quantitative estimate of drug-likeness (QED) is 0.816. The minimum atomic E-state index is 0. The van der Waals surface area contributed by atoms with E-state index in [4.69, 9.17) is 9.47 Å². The van der Waals surface area contributed by atoms with Crippen molar-refractivity contribution in [3.05, 3.63) is 11.9 Å². The van der Waals surface area contributed by atoms with Crippen LogP contribution in [0, 0.1) is 0 Å². The number of fused-ring (bicyclic) bond motifs is 1. The molecule has 0 aliphatic carbocycles. The predicted molar refractivity (Wildman–Crippen MR) is 74.1 cm³/mol. The summed E-state index contributed by atoms with van der Waals surface area (Å²) in [6.07, 6.45) is 1.83. The fourth-order valence-electron chi connectivity index (χ4n) is 2.26. The second-order valence-electron chi connectivity index (χ2n) is 4.62. The van der Waals surface area contributed by atoms with Gasteiger partial charge in [-0.3, -0.25) is 4.98 Å². The van der Waals surface area contributed by atoms with Gasteiger partial charge in [-0.2, -0.15) is 4.98 Å². The highest BCUT2D eigenvalue weighted by Gasteiger charge is 2.22. The topological polar surface area (TPSA) is 59.5 Å². The molecule has 1 N–H and O–H groups in total. The van der Waals surface area contributed by atoms with Gasteiger partial charge < -0.3 is 19.7 Å². The monoisotopic (exact) mass is 286 g/mol. The summed E-state index contributed by atoms with van der Waals surface area (Å²) in [5, 5.41) is 3.25. The Morgan fingerprint density at radius 2 is 2.32 bits per heavy atom. The second-order valence-corrected chi connectivity index (χ2v) is 4.62. The molecule has 0 amide bonds. The summed E-state index contributed by atoms with van der Waals surface area (Å²) in [6.45, 7) is 6.67. The molecular formula is C12H19ClN4O2. The van der Waals surface area contributed by atoms with Crippen LogP contribution in [0.4, 0.5) is 5.82 Å². The third-order valence-electron chi connectivity index (χ3n) is 3.27. The lowest BCUT2D eigenvalue weighted by atomic mass is 10.2. The number of nitrogens with zero attached hydrogens (tertiary/aromatic N) is 3. The van der Waals surface area contributed by atoms with Gasteiger partial charge in [-0.25, -0.2) is 0 Å². The number of rotatable bonds is 1. The van der Waals surface area contributed by atoms with Crippen LogP contribution in [-0.4, -0.2) is 48.9 Å². The standard InChI is InChI=1S/C12H18N4O2.ClH/c1-9-8-17-5-3-16(9)11-7-14-10-6-13-2-4-18-12(10)15-11;/h7,9,13H,2-6,8H2,1H3;1H/t9-;/m1./s1. The van der Waals surface area contributed by atoms with Crippen LogP contribution in [0.15, 0.2) is 6.20 Å². The van der Waals surface area contributed by atoms with E-state index in [9.17, 15) is 0 Å². The number of aromatic nitrogens is 2. The van der Waals surface area contributed by atoms with Gasteiger partial charge in [0.15, 0.2) is 5.82 Å². The molecule has 6 nitrogen and oxygen atoms in total. The summed E-state index contributed by atoms with van der Waals surface area (Å²) in [7, 11) is 0. The zero-order chi connectivity index (χ0) is 12.4. The molecule has 3 rings (SSSR count). The molecule has 0 spiro atoms. The molecule has 1 atom stereocenters. The number of morpholine rings is 1. The summed E-state index contributed by atoms with van der Waals surface area (Å²) in [5.41, 5.74) is 0.886. The number of nitrogens with one attached hydrogen (secondary N) is 1. The molecule has 7 heteroatoms. The summed E-state index contributed by atoms with van der Waals surface area (Å²) in [6, 6.07) is 0.329. The molecule has 1 saturated heterocycles. The molecule has 19 heavy (non-hydrogen) atoms. The number of halogens is 1. The fourth-order valence-corrected chi connectivity index (χ4v) is 2.26. The van der Waals surface area contributed by atoms with Crippen LogP contribution in [0.3, 0.4) is 0 Å². The normalized spacial score (nSPS) is 22.8. The van der Waals surface area contributed by atoms with Crippen LogP contribution in [0.5, 0.6) is 5.88 Å². The molecule has 0 aromatic carbocycles. The minimum Gasteiger partial charge on any atom is -0.475 e. The maximum absolute atomic E-state index is 5.62. The molecule has 1 aromatic heterocycles. The SMILES string of the molecule is C[C@@H]1COCCN1c1cnc2c(n1)OCCNC2.Cl. The summed E-state index contributed by atoms with van der Waals surface area (Å²) in [5.74, 6) is 1.54. The summed E-state index contributed by atoms with van der Waals surface area (Å²) in [4.78, 5) is 11.3. The number of ether oxygens (including phenoxy) is 2. The van der Waals surface area contributed by atoms with Crippen LogP contribution < -0.4 is 15.0 Å². The van der Waals surface area contributed by atoms with E-state index >= 15 is 0 Å². The van der Waals surface area contributed by atoms with Crippen LogP contribution in [-0.2, 0) is 11.3 Å². The van der Waals surface area contributed by atoms with Crippen molar-refractivity contribution in [2.75, 3.05) is 37.8 Å². The molecule has 106 valence electrons. The lowest BCUT2D eigenvalue weighted by Crippen LogP contribution is -2.44. The highest BCUT2D eigenvalue weighted by molar-refractivity contribution is 5.85. The van der Waals surface area contributed by atoms with Crippen molar-refractivity contribution in [1.82, 2.24) is 15.3 Å². The lowest BCUT2D eigenvalue weighted by Gasteiger charge is -2.34. The van der Waals surface area contributed by atoms with Gasteiger partial charge in [0, 0.05) is 19.6 Å². The number of hydrogen-bond donors (Lipinski definition) is 1. The Morgan fingerprint density at radius 1 is 1.42 bits per heavy atom. The predicted octanol–water partition coefficient (Wildman–Crippen LogP) is 0.605. The first-order chi connectivity index (χ1) is 8.84. The molecule has 2 aliphatic heterocycles. The van der Waals surface area contributed by atoms with Crippen LogP contribution in [0.1, 0.15) is 12.6 Å². The van der Waals surface area contributed by atoms with E-state index in [1.807, 2.05) is 6.20 Å². The first-order valence-corrected chi connectivity index (χ1v) is 6.38. The smallest absolute Gasteiger partial charge is 0.239 e.